The van der Waals surface area contributed by atoms with E-state index in [1.54, 1.807) is 0 Å². The van der Waals surface area contributed by atoms with Crippen molar-refractivity contribution < 1.29 is 13.6 Å². The molecule has 0 aliphatic heterocycles. The zero-order valence-electron chi connectivity index (χ0n) is 12.1. The van der Waals surface area contributed by atoms with E-state index in [0.717, 1.165) is 42.0 Å². The second-order valence-electron chi connectivity index (χ2n) is 5.35. The quantitative estimate of drug-likeness (QED) is 0.885. The molecule has 4 nitrogen and oxygen atoms in total. The van der Waals surface area contributed by atoms with Crippen LogP contribution in [0.4, 0.5) is 13.9 Å². The average Bonchev–Trinajstić information content (AvgIpc) is 2.83. The summed E-state index contributed by atoms with van der Waals surface area (Å²) >= 11 is 1.41. The summed E-state index contributed by atoms with van der Waals surface area (Å²) in [4.78, 5) is 17.4. The normalized spacial score (nSPS) is 16.4. The summed E-state index contributed by atoms with van der Waals surface area (Å²) in [6.45, 7) is 0. The minimum atomic E-state index is -0.723. The van der Waals surface area contributed by atoms with Crippen molar-refractivity contribution in [1.82, 2.24) is 4.98 Å². The van der Waals surface area contributed by atoms with Crippen molar-refractivity contribution in [3.63, 3.8) is 0 Å². The van der Waals surface area contributed by atoms with Gasteiger partial charge in [0.15, 0.2) is 5.13 Å². The molecule has 2 aromatic rings. The Labute approximate surface area is 142 Å². The summed E-state index contributed by atoms with van der Waals surface area (Å²) in [6.07, 6.45) is 2.33. The Morgan fingerprint density at radius 1 is 1.43 bits per heavy atom. The van der Waals surface area contributed by atoms with Crippen molar-refractivity contribution in [2.75, 3.05) is 5.32 Å². The van der Waals surface area contributed by atoms with Gasteiger partial charge in [-0.15, -0.1) is 23.7 Å². The van der Waals surface area contributed by atoms with Crippen LogP contribution >= 0.6 is 23.7 Å². The number of nitrogens with one attached hydrogen (secondary N) is 1. The van der Waals surface area contributed by atoms with E-state index in [4.69, 9.17) is 5.73 Å². The Morgan fingerprint density at radius 3 is 2.96 bits per heavy atom. The smallest absolute Gasteiger partial charge is 0.230 e. The predicted molar refractivity (Wildman–Crippen MR) is 88.1 cm³/mol. The number of carbonyl (C=O) groups is 1. The van der Waals surface area contributed by atoms with Gasteiger partial charge in [0.25, 0.3) is 0 Å². The number of carbonyl (C=O) groups excluding carboxylic acids is 1. The van der Waals surface area contributed by atoms with E-state index in [9.17, 15) is 13.6 Å². The lowest BCUT2D eigenvalue weighted by molar-refractivity contribution is -0.115. The number of amides is 1. The first-order chi connectivity index (χ1) is 10.5. The van der Waals surface area contributed by atoms with Gasteiger partial charge in [0.1, 0.15) is 11.6 Å². The van der Waals surface area contributed by atoms with Gasteiger partial charge in [-0.3, -0.25) is 4.79 Å². The molecule has 23 heavy (non-hydrogen) atoms. The Hall–Kier alpha value is -1.57. The largest absolute Gasteiger partial charge is 0.327 e. The predicted octanol–water partition coefficient (Wildman–Crippen LogP) is 2.84. The fourth-order valence-electron chi connectivity index (χ4n) is 2.46. The number of rotatable bonds is 3. The van der Waals surface area contributed by atoms with Crippen molar-refractivity contribution >= 4 is 34.8 Å². The SMILES string of the molecule is Cl.N[C@H]1CCc2nc(NC(=O)Cc3ccc(F)cc3F)sc2C1. The van der Waals surface area contributed by atoms with Crippen LogP contribution < -0.4 is 11.1 Å². The standard InChI is InChI=1S/C15H15F2N3OS.ClH/c16-9-2-1-8(11(17)6-9)5-14(21)20-15-19-12-4-3-10(18)7-13(12)22-15;/h1-2,6,10H,3-5,7,18H2,(H,19,20,21);1H/t10-;/m0./s1. The van der Waals surface area contributed by atoms with Gasteiger partial charge in [-0.1, -0.05) is 6.07 Å². The Balaban J connectivity index is 0.00000192. The molecule has 1 heterocycles. The molecule has 0 saturated carbocycles. The van der Waals surface area contributed by atoms with Crippen molar-refractivity contribution in [3.8, 4) is 0 Å². The van der Waals surface area contributed by atoms with Crippen LogP contribution in [-0.2, 0) is 24.1 Å². The number of halogens is 3. The third-order valence-corrected chi connectivity index (χ3v) is 4.63. The van der Waals surface area contributed by atoms with Gasteiger partial charge in [0.05, 0.1) is 12.1 Å². The van der Waals surface area contributed by atoms with Crippen LogP contribution in [0.1, 0.15) is 22.6 Å². The summed E-state index contributed by atoms with van der Waals surface area (Å²) in [5.74, 6) is -1.76. The van der Waals surface area contributed by atoms with Gasteiger partial charge < -0.3 is 11.1 Å². The number of anilines is 1. The topological polar surface area (TPSA) is 68.0 Å². The Morgan fingerprint density at radius 2 is 2.22 bits per heavy atom. The first-order valence-electron chi connectivity index (χ1n) is 6.99. The second-order valence-corrected chi connectivity index (χ2v) is 6.44. The number of aromatic nitrogens is 1. The third kappa shape index (κ3) is 4.25. The molecule has 0 fully saturated rings. The lowest BCUT2D eigenvalue weighted by Gasteiger charge is -2.15. The third-order valence-electron chi connectivity index (χ3n) is 3.59. The van der Waals surface area contributed by atoms with Gasteiger partial charge in [-0.2, -0.15) is 0 Å². The molecule has 0 radical (unpaired) electrons. The molecule has 1 aromatic carbocycles. The van der Waals surface area contributed by atoms with E-state index in [-0.39, 0.29) is 36.3 Å². The van der Waals surface area contributed by atoms with Crippen molar-refractivity contribution in [2.45, 2.75) is 31.7 Å². The fourth-order valence-corrected chi connectivity index (χ4v) is 3.57. The maximum Gasteiger partial charge on any atom is 0.230 e. The molecule has 3 rings (SSSR count). The lowest BCUT2D eigenvalue weighted by Crippen LogP contribution is -2.27. The summed E-state index contributed by atoms with van der Waals surface area (Å²) < 4.78 is 26.4. The number of thiazole rings is 1. The Bertz CT molecular complexity index is 723. The molecule has 1 aliphatic rings. The lowest BCUT2D eigenvalue weighted by atomic mass is 9.99. The highest BCUT2D eigenvalue weighted by molar-refractivity contribution is 7.15. The maximum absolute atomic E-state index is 13.5. The summed E-state index contributed by atoms with van der Waals surface area (Å²) in [6, 6.07) is 3.32. The monoisotopic (exact) mass is 359 g/mol. The first-order valence-corrected chi connectivity index (χ1v) is 7.81. The zero-order valence-corrected chi connectivity index (χ0v) is 13.8. The highest BCUT2D eigenvalue weighted by atomic mass is 35.5. The van der Waals surface area contributed by atoms with E-state index in [1.165, 1.54) is 17.4 Å². The average molecular weight is 360 g/mol. The molecule has 124 valence electrons. The molecule has 1 atom stereocenters. The van der Waals surface area contributed by atoms with E-state index in [2.05, 4.69) is 10.3 Å². The molecule has 8 heteroatoms. The number of hydrogen-bond acceptors (Lipinski definition) is 4. The molecule has 0 bridgehead atoms. The van der Waals surface area contributed by atoms with Crippen LogP contribution in [0.2, 0.25) is 0 Å². The second kappa shape index (κ2) is 7.33. The van der Waals surface area contributed by atoms with E-state index < -0.39 is 11.6 Å². The molecule has 1 aromatic heterocycles. The van der Waals surface area contributed by atoms with Crippen molar-refractivity contribution in [2.24, 2.45) is 5.73 Å². The first kappa shape index (κ1) is 17.8. The minimum Gasteiger partial charge on any atom is -0.327 e. The van der Waals surface area contributed by atoms with Crippen LogP contribution in [0.3, 0.4) is 0 Å². The molecule has 0 saturated heterocycles. The number of hydrogen-bond donors (Lipinski definition) is 2. The van der Waals surface area contributed by atoms with E-state index in [1.807, 2.05) is 0 Å². The molecule has 1 amide bonds. The highest BCUT2D eigenvalue weighted by Gasteiger charge is 2.21. The summed E-state index contributed by atoms with van der Waals surface area (Å²) in [7, 11) is 0. The van der Waals surface area contributed by atoms with E-state index in [0.29, 0.717) is 5.13 Å². The molecule has 1 aliphatic carbocycles. The number of nitrogens with two attached hydrogens (primary N) is 1. The summed E-state index contributed by atoms with van der Waals surface area (Å²) in [5, 5.41) is 3.18. The van der Waals surface area contributed by atoms with Gasteiger partial charge >= 0.3 is 0 Å². The van der Waals surface area contributed by atoms with Crippen LogP contribution in [0, 0.1) is 11.6 Å². The number of fused-ring (bicyclic) bond motifs is 1. The number of benzene rings is 1. The molecular formula is C15H16ClF2N3OS. The molecule has 0 spiro atoms. The van der Waals surface area contributed by atoms with Crippen molar-refractivity contribution in [1.29, 1.82) is 0 Å². The zero-order chi connectivity index (χ0) is 15.7. The van der Waals surface area contributed by atoms with Crippen LogP contribution in [0.5, 0.6) is 0 Å². The van der Waals surface area contributed by atoms with Crippen LogP contribution in [0.15, 0.2) is 18.2 Å². The Kier molecular flexibility index (Phi) is 5.67. The number of nitrogens with zero attached hydrogens (tertiary/aromatic N) is 1. The van der Waals surface area contributed by atoms with Gasteiger partial charge in [0.2, 0.25) is 5.91 Å². The van der Waals surface area contributed by atoms with Crippen molar-refractivity contribution in [3.05, 3.63) is 46.0 Å². The summed E-state index contributed by atoms with van der Waals surface area (Å²) in [5.41, 5.74) is 7.05. The van der Waals surface area contributed by atoms with Crippen LogP contribution in [-0.4, -0.2) is 16.9 Å². The number of aryl methyl sites for hydroxylation is 1. The van der Waals surface area contributed by atoms with E-state index >= 15 is 0 Å². The minimum absolute atomic E-state index is 0. The molecule has 3 N–H and O–H groups in total. The van der Waals surface area contributed by atoms with Gasteiger partial charge in [0, 0.05) is 17.0 Å². The van der Waals surface area contributed by atoms with Crippen LogP contribution in [0.25, 0.3) is 0 Å². The fraction of sp³-hybridized carbons (Fsp3) is 0.333. The van der Waals surface area contributed by atoms with Gasteiger partial charge in [-0.05, 0) is 30.9 Å². The van der Waals surface area contributed by atoms with Gasteiger partial charge in [-0.25, -0.2) is 13.8 Å². The molecule has 0 unspecified atom stereocenters. The maximum atomic E-state index is 13.5. The highest BCUT2D eigenvalue weighted by Crippen LogP contribution is 2.29. The molecular weight excluding hydrogens is 344 g/mol.